The quantitative estimate of drug-likeness (QED) is 0.712. The van der Waals surface area contributed by atoms with Gasteiger partial charge in [-0.2, -0.15) is 0 Å². The lowest BCUT2D eigenvalue weighted by Gasteiger charge is -2.40. The summed E-state index contributed by atoms with van der Waals surface area (Å²) >= 11 is 0. The average molecular weight is 379 g/mol. The Hall–Kier alpha value is -0.910. The average Bonchev–Trinajstić information content (AvgIpc) is 2.69. The summed E-state index contributed by atoms with van der Waals surface area (Å²) in [5.41, 5.74) is 1.30. The van der Waals surface area contributed by atoms with E-state index < -0.39 is 0 Å². The molecule has 3 N–H and O–H groups in total. The summed E-state index contributed by atoms with van der Waals surface area (Å²) in [5.74, 6) is 1.95. The minimum atomic E-state index is 0.223. The van der Waals surface area contributed by atoms with Crippen molar-refractivity contribution in [2.45, 2.75) is 59.0 Å². The van der Waals surface area contributed by atoms with Gasteiger partial charge in [0.2, 0.25) is 5.91 Å². The zero-order chi connectivity index (χ0) is 19.4. The molecular weight excluding hydrogens is 338 g/mol. The normalized spacial score (nSPS) is 33.2. The molecule has 5 nitrogen and oxygen atoms in total. The monoisotopic (exact) mass is 378 g/mol. The fraction of sp³-hybridized carbons (Fsp3) is 0.864. The van der Waals surface area contributed by atoms with Crippen molar-refractivity contribution < 1.29 is 15.2 Å². The van der Waals surface area contributed by atoms with Crippen LogP contribution in [0.2, 0.25) is 0 Å². The van der Waals surface area contributed by atoms with Crippen molar-refractivity contribution in [3.05, 3.63) is 11.6 Å². The Morgan fingerprint density at radius 2 is 2.00 bits per heavy atom. The van der Waals surface area contributed by atoms with E-state index in [1.807, 2.05) is 0 Å². The maximum atomic E-state index is 12.9. The molecule has 0 aromatic heterocycles. The van der Waals surface area contributed by atoms with Gasteiger partial charge in [0.1, 0.15) is 6.17 Å². The van der Waals surface area contributed by atoms with Gasteiger partial charge < -0.3 is 15.3 Å². The van der Waals surface area contributed by atoms with Crippen molar-refractivity contribution in [2.24, 2.45) is 23.7 Å². The van der Waals surface area contributed by atoms with E-state index in [9.17, 15) is 9.90 Å². The number of aliphatic hydroxyl groups is 1. The first-order valence-electron chi connectivity index (χ1n) is 11.1. The molecule has 154 valence electrons. The van der Waals surface area contributed by atoms with Crippen molar-refractivity contribution in [1.29, 1.82) is 0 Å². The lowest BCUT2D eigenvalue weighted by molar-refractivity contribution is -0.717. The highest BCUT2D eigenvalue weighted by Crippen LogP contribution is 2.39. The van der Waals surface area contributed by atoms with Gasteiger partial charge in [0.25, 0.3) is 0 Å². The first-order valence-corrected chi connectivity index (χ1v) is 11.1. The first-order chi connectivity index (χ1) is 13.0. The standard InChI is InChI=1S/C22H39N3O2/c1-16(2)20-13-18(17(3)12-19(20)15-26)14-22(27)25-10-8-24(9-11-25)21-6-4-5-7-23-21/h12,16,18-21,23,26H,4-11,13-15H2,1-3H3/p+1/t18-,19-,20-,21?/m0/s1. The van der Waals surface area contributed by atoms with Gasteiger partial charge in [-0.05, 0) is 43.9 Å². The number of piperazine rings is 1. The molecule has 2 aliphatic heterocycles. The fourth-order valence-corrected chi connectivity index (χ4v) is 5.39. The SMILES string of the molecule is CC1=C[C@@H](CO)[C@H](C(C)C)C[C@H]1CC(=O)N1CCN(C2CCCC[NH2+]2)CC1. The summed E-state index contributed by atoms with van der Waals surface area (Å²) in [7, 11) is 0. The van der Waals surface area contributed by atoms with Crippen LogP contribution in [-0.2, 0) is 4.79 Å². The second-order valence-electron chi connectivity index (χ2n) is 9.31. The van der Waals surface area contributed by atoms with Crippen molar-refractivity contribution >= 4 is 5.91 Å². The Bertz CT molecular complexity index is 520. The third-order valence-corrected chi connectivity index (χ3v) is 7.24. The second kappa shape index (κ2) is 9.53. The van der Waals surface area contributed by atoms with Crippen LogP contribution in [0.5, 0.6) is 0 Å². The number of piperidine rings is 1. The van der Waals surface area contributed by atoms with E-state index >= 15 is 0 Å². The van der Waals surface area contributed by atoms with Crippen molar-refractivity contribution in [1.82, 2.24) is 9.80 Å². The number of allylic oxidation sites excluding steroid dienone is 1. The van der Waals surface area contributed by atoms with Crippen LogP contribution in [0, 0.1) is 23.7 Å². The van der Waals surface area contributed by atoms with Crippen molar-refractivity contribution in [3.63, 3.8) is 0 Å². The van der Waals surface area contributed by atoms with Gasteiger partial charge in [0.05, 0.1) is 6.54 Å². The highest BCUT2D eigenvalue weighted by atomic mass is 16.3. The Balaban J connectivity index is 1.51. The number of carbonyl (C=O) groups is 1. The van der Waals surface area contributed by atoms with Crippen LogP contribution in [0.15, 0.2) is 11.6 Å². The van der Waals surface area contributed by atoms with Gasteiger partial charge >= 0.3 is 0 Å². The molecule has 0 radical (unpaired) electrons. The number of amides is 1. The summed E-state index contributed by atoms with van der Waals surface area (Å²) in [5, 5.41) is 12.2. The minimum Gasteiger partial charge on any atom is -0.396 e. The lowest BCUT2D eigenvalue weighted by Crippen LogP contribution is -2.95. The predicted octanol–water partition coefficient (Wildman–Crippen LogP) is 1.44. The van der Waals surface area contributed by atoms with E-state index in [-0.39, 0.29) is 12.5 Å². The maximum Gasteiger partial charge on any atom is 0.223 e. The van der Waals surface area contributed by atoms with Crippen LogP contribution < -0.4 is 5.32 Å². The van der Waals surface area contributed by atoms with Crippen molar-refractivity contribution in [2.75, 3.05) is 39.3 Å². The van der Waals surface area contributed by atoms with Crippen LogP contribution >= 0.6 is 0 Å². The summed E-state index contributed by atoms with van der Waals surface area (Å²) < 4.78 is 0. The van der Waals surface area contributed by atoms with E-state index in [0.717, 1.165) is 32.6 Å². The van der Waals surface area contributed by atoms with Crippen LogP contribution in [-0.4, -0.2) is 66.3 Å². The number of aliphatic hydroxyl groups excluding tert-OH is 1. The third-order valence-electron chi connectivity index (χ3n) is 7.24. The zero-order valence-electron chi connectivity index (χ0n) is 17.6. The molecule has 0 aromatic rings. The molecule has 2 heterocycles. The van der Waals surface area contributed by atoms with Gasteiger partial charge in [0.15, 0.2) is 0 Å². The van der Waals surface area contributed by atoms with E-state index in [1.54, 1.807) is 0 Å². The highest BCUT2D eigenvalue weighted by molar-refractivity contribution is 5.77. The van der Waals surface area contributed by atoms with Crippen LogP contribution in [0.4, 0.5) is 0 Å². The third kappa shape index (κ3) is 5.12. The molecule has 2 saturated heterocycles. The molecule has 0 spiro atoms. The number of rotatable bonds is 5. The summed E-state index contributed by atoms with van der Waals surface area (Å²) in [4.78, 5) is 17.6. The molecule has 4 atom stereocenters. The molecule has 27 heavy (non-hydrogen) atoms. The van der Waals surface area contributed by atoms with E-state index in [4.69, 9.17) is 0 Å². The first kappa shape index (κ1) is 20.8. The fourth-order valence-electron chi connectivity index (χ4n) is 5.39. The molecule has 1 unspecified atom stereocenters. The molecule has 5 heteroatoms. The number of quaternary nitrogens is 1. The molecule has 1 aliphatic carbocycles. The molecule has 2 fully saturated rings. The van der Waals surface area contributed by atoms with Gasteiger partial charge in [-0.15, -0.1) is 0 Å². The molecule has 0 aromatic carbocycles. The minimum absolute atomic E-state index is 0.223. The predicted molar refractivity (Wildman–Crippen MR) is 108 cm³/mol. The van der Waals surface area contributed by atoms with Crippen LogP contribution in [0.1, 0.15) is 52.9 Å². The van der Waals surface area contributed by atoms with Gasteiger partial charge in [0, 0.05) is 51.5 Å². The zero-order valence-corrected chi connectivity index (χ0v) is 17.6. The Morgan fingerprint density at radius 3 is 2.59 bits per heavy atom. The largest absolute Gasteiger partial charge is 0.396 e. The Kier molecular flexibility index (Phi) is 7.35. The number of nitrogens with zero attached hydrogens (tertiary/aromatic N) is 2. The highest BCUT2D eigenvalue weighted by Gasteiger charge is 2.34. The maximum absolute atomic E-state index is 12.9. The Labute approximate surface area is 165 Å². The number of hydrogen-bond donors (Lipinski definition) is 2. The lowest BCUT2D eigenvalue weighted by atomic mass is 9.70. The molecular formula is C22H40N3O2+. The van der Waals surface area contributed by atoms with Crippen LogP contribution in [0.3, 0.4) is 0 Å². The summed E-state index contributed by atoms with van der Waals surface area (Å²) in [6.45, 7) is 11.9. The summed E-state index contributed by atoms with van der Waals surface area (Å²) in [6, 6.07) is 0. The van der Waals surface area contributed by atoms with E-state index in [2.05, 4.69) is 42.0 Å². The number of carbonyl (C=O) groups excluding carboxylic acids is 1. The Morgan fingerprint density at radius 1 is 1.26 bits per heavy atom. The molecule has 1 amide bonds. The topological polar surface area (TPSA) is 60.4 Å². The molecule has 3 aliphatic rings. The second-order valence-corrected chi connectivity index (χ2v) is 9.31. The number of nitrogens with two attached hydrogens (primary N) is 1. The smallest absolute Gasteiger partial charge is 0.223 e. The molecule has 0 saturated carbocycles. The molecule has 0 bridgehead atoms. The van der Waals surface area contributed by atoms with Crippen LogP contribution in [0.25, 0.3) is 0 Å². The van der Waals surface area contributed by atoms with Crippen molar-refractivity contribution in [3.8, 4) is 0 Å². The van der Waals surface area contributed by atoms with Gasteiger partial charge in [-0.1, -0.05) is 25.5 Å². The van der Waals surface area contributed by atoms with Gasteiger partial charge in [-0.3, -0.25) is 9.69 Å². The number of hydrogen-bond acceptors (Lipinski definition) is 3. The summed E-state index contributed by atoms with van der Waals surface area (Å²) in [6.07, 6.45) is 8.54. The van der Waals surface area contributed by atoms with E-state index in [0.29, 0.717) is 36.2 Å². The van der Waals surface area contributed by atoms with E-state index in [1.165, 1.54) is 31.4 Å². The van der Waals surface area contributed by atoms with Gasteiger partial charge in [-0.25, -0.2) is 0 Å². The molecule has 3 rings (SSSR count).